The Balaban J connectivity index is 2.08. The fourth-order valence-electron chi connectivity index (χ4n) is 2.07. The Hall–Kier alpha value is -1.06. The highest BCUT2D eigenvalue weighted by molar-refractivity contribution is 6.33. The number of nitrogens with one attached hydrogen (secondary N) is 2. The number of amides is 1. The average Bonchev–Trinajstić information content (AvgIpc) is 2.33. The van der Waals surface area contributed by atoms with E-state index in [0.29, 0.717) is 10.7 Å². The third kappa shape index (κ3) is 2.79. The predicted molar refractivity (Wildman–Crippen MR) is 70.3 cm³/mol. The van der Waals surface area contributed by atoms with Crippen LogP contribution in [0.3, 0.4) is 0 Å². The Labute approximate surface area is 107 Å². The molecule has 1 saturated heterocycles. The van der Waals surface area contributed by atoms with Crippen molar-refractivity contribution in [1.82, 2.24) is 5.32 Å². The minimum absolute atomic E-state index is 0.00898. The number of anilines is 1. The van der Waals surface area contributed by atoms with Crippen molar-refractivity contribution in [2.24, 2.45) is 0 Å². The third-order valence-electron chi connectivity index (χ3n) is 3.24. The van der Waals surface area contributed by atoms with E-state index in [1.165, 1.54) is 0 Å². The van der Waals surface area contributed by atoms with Gasteiger partial charge in [0.2, 0.25) is 5.91 Å². The molecule has 1 aromatic rings. The standard InChI is InChI=1S/C13H17ClN2O/c1-13(8-4-5-9-15-13)12(17)16-11-7-3-2-6-10(11)14/h2-3,6-7,15H,4-5,8-9H2,1H3,(H,16,17). The van der Waals surface area contributed by atoms with Gasteiger partial charge in [0.25, 0.3) is 0 Å². The largest absolute Gasteiger partial charge is 0.323 e. The molecule has 0 radical (unpaired) electrons. The molecule has 2 rings (SSSR count). The Morgan fingerprint density at radius 2 is 2.18 bits per heavy atom. The lowest BCUT2D eigenvalue weighted by Gasteiger charge is -2.33. The van der Waals surface area contributed by atoms with Crippen LogP contribution in [-0.2, 0) is 4.79 Å². The molecular formula is C13H17ClN2O. The molecule has 0 bridgehead atoms. The number of carbonyl (C=O) groups excluding carboxylic acids is 1. The lowest BCUT2D eigenvalue weighted by Crippen LogP contribution is -2.54. The van der Waals surface area contributed by atoms with Gasteiger partial charge in [0.05, 0.1) is 16.2 Å². The Bertz CT molecular complexity index is 414. The van der Waals surface area contributed by atoms with Gasteiger partial charge in [0, 0.05) is 0 Å². The number of piperidine rings is 1. The van der Waals surface area contributed by atoms with E-state index in [2.05, 4.69) is 10.6 Å². The van der Waals surface area contributed by atoms with Crippen molar-refractivity contribution >= 4 is 23.2 Å². The quantitative estimate of drug-likeness (QED) is 0.850. The highest BCUT2D eigenvalue weighted by Gasteiger charge is 2.34. The van der Waals surface area contributed by atoms with Crippen LogP contribution >= 0.6 is 11.6 Å². The summed E-state index contributed by atoms with van der Waals surface area (Å²) in [4.78, 5) is 12.2. The van der Waals surface area contributed by atoms with Crippen molar-refractivity contribution in [1.29, 1.82) is 0 Å². The van der Waals surface area contributed by atoms with E-state index in [4.69, 9.17) is 11.6 Å². The van der Waals surface area contributed by atoms with E-state index in [9.17, 15) is 4.79 Å². The topological polar surface area (TPSA) is 41.1 Å². The van der Waals surface area contributed by atoms with Crippen LogP contribution in [0.2, 0.25) is 5.02 Å². The minimum atomic E-state index is -0.475. The zero-order valence-electron chi connectivity index (χ0n) is 9.92. The molecule has 0 aliphatic carbocycles. The van der Waals surface area contributed by atoms with Gasteiger partial charge in [-0.05, 0) is 44.9 Å². The summed E-state index contributed by atoms with van der Waals surface area (Å²) in [5, 5.41) is 6.74. The van der Waals surface area contributed by atoms with Crippen LogP contribution in [0.5, 0.6) is 0 Å². The molecular weight excluding hydrogens is 236 g/mol. The van der Waals surface area contributed by atoms with E-state index in [1.807, 2.05) is 25.1 Å². The van der Waals surface area contributed by atoms with Gasteiger partial charge in [0.1, 0.15) is 0 Å². The second kappa shape index (κ2) is 5.07. The first-order chi connectivity index (χ1) is 8.12. The molecule has 3 nitrogen and oxygen atoms in total. The van der Waals surface area contributed by atoms with Crippen LogP contribution < -0.4 is 10.6 Å². The second-order valence-corrected chi connectivity index (χ2v) is 5.06. The van der Waals surface area contributed by atoms with Crippen molar-refractivity contribution < 1.29 is 4.79 Å². The van der Waals surface area contributed by atoms with E-state index >= 15 is 0 Å². The van der Waals surface area contributed by atoms with Gasteiger partial charge in [-0.1, -0.05) is 23.7 Å². The van der Waals surface area contributed by atoms with Crippen molar-refractivity contribution in [3.8, 4) is 0 Å². The number of hydrogen-bond acceptors (Lipinski definition) is 2. The minimum Gasteiger partial charge on any atom is -0.323 e. The van der Waals surface area contributed by atoms with Crippen LogP contribution in [0.25, 0.3) is 0 Å². The third-order valence-corrected chi connectivity index (χ3v) is 3.57. The molecule has 1 atom stereocenters. The molecule has 17 heavy (non-hydrogen) atoms. The maximum atomic E-state index is 12.2. The maximum Gasteiger partial charge on any atom is 0.244 e. The van der Waals surface area contributed by atoms with Crippen LogP contribution in [0, 0.1) is 0 Å². The summed E-state index contributed by atoms with van der Waals surface area (Å²) < 4.78 is 0. The van der Waals surface area contributed by atoms with Gasteiger partial charge < -0.3 is 10.6 Å². The van der Waals surface area contributed by atoms with Gasteiger partial charge >= 0.3 is 0 Å². The fourth-order valence-corrected chi connectivity index (χ4v) is 2.26. The lowest BCUT2D eigenvalue weighted by atomic mass is 9.90. The molecule has 0 spiro atoms. The zero-order chi connectivity index (χ0) is 12.3. The molecule has 1 aliphatic rings. The average molecular weight is 253 g/mol. The van der Waals surface area contributed by atoms with Crippen molar-refractivity contribution in [3.63, 3.8) is 0 Å². The molecule has 1 amide bonds. The number of carbonyl (C=O) groups is 1. The number of para-hydroxylation sites is 1. The first-order valence-electron chi connectivity index (χ1n) is 5.93. The summed E-state index contributed by atoms with van der Waals surface area (Å²) in [6.45, 7) is 2.84. The van der Waals surface area contributed by atoms with Crippen LogP contribution in [0.1, 0.15) is 26.2 Å². The maximum absolute atomic E-state index is 12.2. The smallest absolute Gasteiger partial charge is 0.244 e. The van der Waals surface area contributed by atoms with E-state index in [-0.39, 0.29) is 5.91 Å². The van der Waals surface area contributed by atoms with E-state index in [0.717, 1.165) is 25.8 Å². The van der Waals surface area contributed by atoms with Crippen LogP contribution in [0.4, 0.5) is 5.69 Å². The van der Waals surface area contributed by atoms with E-state index in [1.54, 1.807) is 6.07 Å². The highest BCUT2D eigenvalue weighted by Crippen LogP contribution is 2.24. The molecule has 2 N–H and O–H groups in total. The number of benzene rings is 1. The summed E-state index contributed by atoms with van der Waals surface area (Å²) in [6.07, 6.45) is 3.08. The highest BCUT2D eigenvalue weighted by atomic mass is 35.5. The molecule has 4 heteroatoms. The zero-order valence-corrected chi connectivity index (χ0v) is 10.7. The first kappa shape index (κ1) is 12.4. The number of hydrogen-bond donors (Lipinski definition) is 2. The fraction of sp³-hybridized carbons (Fsp3) is 0.462. The van der Waals surface area contributed by atoms with Crippen molar-refractivity contribution in [2.45, 2.75) is 31.7 Å². The Morgan fingerprint density at radius 3 is 2.82 bits per heavy atom. The predicted octanol–water partition coefficient (Wildman–Crippen LogP) is 2.81. The van der Waals surface area contributed by atoms with Gasteiger partial charge in [-0.3, -0.25) is 4.79 Å². The van der Waals surface area contributed by atoms with Crippen molar-refractivity contribution in [3.05, 3.63) is 29.3 Å². The van der Waals surface area contributed by atoms with Crippen LogP contribution in [0.15, 0.2) is 24.3 Å². The lowest BCUT2D eigenvalue weighted by molar-refractivity contribution is -0.122. The SMILES string of the molecule is CC1(C(=O)Nc2ccccc2Cl)CCCCN1. The summed E-state index contributed by atoms with van der Waals surface area (Å²) >= 11 is 6.02. The Kier molecular flexibility index (Phi) is 3.69. The van der Waals surface area contributed by atoms with E-state index < -0.39 is 5.54 Å². The normalized spacial score (nSPS) is 24.4. The number of halogens is 1. The molecule has 1 heterocycles. The molecule has 1 fully saturated rings. The molecule has 0 aromatic heterocycles. The summed E-state index contributed by atoms with van der Waals surface area (Å²) in [5.41, 5.74) is 0.199. The second-order valence-electron chi connectivity index (χ2n) is 4.65. The monoisotopic (exact) mass is 252 g/mol. The van der Waals surface area contributed by atoms with Gasteiger partial charge in [-0.15, -0.1) is 0 Å². The first-order valence-corrected chi connectivity index (χ1v) is 6.31. The molecule has 1 aromatic carbocycles. The summed E-state index contributed by atoms with van der Waals surface area (Å²) in [7, 11) is 0. The van der Waals surface area contributed by atoms with Crippen molar-refractivity contribution in [2.75, 3.05) is 11.9 Å². The van der Waals surface area contributed by atoms with Gasteiger partial charge in [0.15, 0.2) is 0 Å². The molecule has 1 aliphatic heterocycles. The summed E-state index contributed by atoms with van der Waals surface area (Å²) in [5.74, 6) is -0.00898. The van der Waals surface area contributed by atoms with Crippen LogP contribution in [-0.4, -0.2) is 18.0 Å². The molecule has 1 unspecified atom stereocenters. The Morgan fingerprint density at radius 1 is 1.41 bits per heavy atom. The summed E-state index contributed by atoms with van der Waals surface area (Å²) in [6, 6.07) is 7.29. The number of rotatable bonds is 2. The molecule has 0 saturated carbocycles. The molecule has 92 valence electrons. The van der Waals surface area contributed by atoms with Gasteiger partial charge in [-0.2, -0.15) is 0 Å². The van der Waals surface area contributed by atoms with Gasteiger partial charge in [-0.25, -0.2) is 0 Å².